The smallest absolute Gasteiger partial charge is 0.329 e. The van der Waals surface area contributed by atoms with Crippen molar-refractivity contribution in [1.82, 2.24) is 19.6 Å². The lowest BCUT2D eigenvalue weighted by Gasteiger charge is -2.34. The van der Waals surface area contributed by atoms with E-state index < -0.39 is 12.1 Å². The van der Waals surface area contributed by atoms with E-state index in [4.69, 9.17) is 14.6 Å². The van der Waals surface area contributed by atoms with Crippen molar-refractivity contribution in [2.24, 2.45) is 0 Å². The third-order valence-electron chi connectivity index (χ3n) is 5.65. The number of carbonyl (C=O) groups is 1. The fourth-order valence-corrected chi connectivity index (χ4v) is 3.56. The monoisotopic (exact) mass is 432 g/mol. The van der Waals surface area contributed by atoms with Crippen molar-refractivity contribution in [2.75, 3.05) is 105 Å². The Labute approximate surface area is 182 Å². The van der Waals surface area contributed by atoms with Crippen LogP contribution in [0.5, 0.6) is 0 Å². The van der Waals surface area contributed by atoms with Gasteiger partial charge in [0.1, 0.15) is 6.61 Å². The maximum Gasteiger partial charge on any atom is 0.329 e. The number of hydrogen-bond acceptors (Lipinski definition) is 8. The van der Waals surface area contributed by atoms with Gasteiger partial charge in [-0.1, -0.05) is 20.8 Å². The first kappa shape index (κ1) is 27.2. The summed E-state index contributed by atoms with van der Waals surface area (Å²) in [5.41, 5.74) is 0. The van der Waals surface area contributed by atoms with Crippen LogP contribution in [0.3, 0.4) is 0 Å². The number of aliphatic hydroxyl groups is 1. The van der Waals surface area contributed by atoms with E-state index in [1.54, 1.807) is 0 Å². The zero-order chi connectivity index (χ0) is 22.2. The molecule has 9 nitrogen and oxygen atoms in total. The van der Waals surface area contributed by atoms with Gasteiger partial charge in [-0.15, -0.1) is 0 Å². The number of nitrogens with zero attached hydrogens (tertiary/aromatic N) is 4. The molecule has 0 amide bonds. The average molecular weight is 433 g/mol. The van der Waals surface area contributed by atoms with Crippen molar-refractivity contribution < 1.29 is 24.5 Å². The van der Waals surface area contributed by atoms with Crippen LogP contribution < -0.4 is 0 Å². The molecule has 1 atom stereocenters. The molecule has 1 aliphatic heterocycles. The lowest BCUT2D eigenvalue weighted by Crippen LogP contribution is -2.47. The van der Waals surface area contributed by atoms with Gasteiger partial charge in [0, 0.05) is 58.9 Å². The first-order valence-corrected chi connectivity index (χ1v) is 11.4. The minimum atomic E-state index is -0.991. The lowest BCUT2D eigenvalue weighted by atomic mass is 10.3. The van der Waals surface area contributed by atoms with Gasteiger partial charge in [-0.05, 0) is 19.6 Å². The Morgan fingerprint density at radius 3 is 1.57 bits per heavy atom. The average Bonchev–Trinajstić information content (AvgIpc) is 2.72. The SMILES string of the molecule is CCN1CCN(CC)CCN(CC(O)COCCOCC(=O)O)CCN(CC)CC1. The van der Waals surface area contributed by atoms with Crippen LogP contribution >= 0.6 is 0 Å². The highest BCUT2D eigenvalue weighted by Gasteiger charge is 2.17. The van der Waals surface area contributed by atoms with Crippen molar-refractivity contribution >= 4 is 5.97 Å². The van der Waals surface area contributed by atoms with Crippen molar-refractivity contribution in [1.29, 1.82) is 0 Å². The number of carboxylic acids is 1. The van der Waals surface area contributed by atoms with E-state index in [0.717, 1.165) is 72.0 Å². The number of hydrogen-bond donors (Lipinski definition) is 2. The van der Waals surface area contributed by atoms with E-state index in [1.165, 1.54) is 0 Å². The number of rotatable bonds is 12. The minimum absolute atomic E-state index is 0.217. The molecule has 1 heterocycles. The fourth-order valence-electron chi connectivity index (χ4n) is 3.56. The van der Waals surface area contributed by atoms with E-state index >= 15 is 0 Å². The summed E-state index contributed by atoms with van der Waals surface area (Å²) in [5, 5.41) is 18.9. The molecular formula is C21H44N4O5. The van der Waals surface area contributed by atoms with Gasteiger partial charge in [0.25, 0.3) is 0 Å². The molecule has 0 aromatic rings. The van der Waals surface area contributed by atoms with Gasteiger partial charge in [-0.3, -0.25) is 4.90 Å². The maximum absolute atomic E-state index is 10.4. The number of ether oxygens (including phenoxy) is 2. The van der Waals surface area contributed by atoms with E-state index in [-0.39, 0.29) is 26.4 Å². The summed E-state index contributed by atoms with van der Waals surface area (Å²) in [5.74, 6) is -0.991. The van der Waals surface area contributed by atoms with Crippen LogP contribution in [0.2, 0.25) is 0 Å². The summed E-state index contributed by atoms with van der Waals surface area (Å²) in [6, 6.07) is 0. The van der Waals surface area contributed by atoms with Gasteiger partial charge in [0.05, 0.1) is 25.9 Å². The third-order valence-corrected chi connectivity index (χ3v) is 5.65. The topological polar surface area (TPSA) is 89.0 Å². The molecule has 1 fully saturated rings. The second-order valence-electron chi connectivity index (χ2n) is 7.78. The fraction of sp³-hybridized carbons (Fsp3) is 0.952. The molecule has 9 heteroatoms. The van der Waals surface area contributed by atoms with Crippen LogP contribution in [-0.2, 0) is 14.3 Å². The first-order valence-electron chi connectivity index (χ1n) is 11.4. The van der Waals surface area contributed by atoms with E-state index in [2.05, 4.69) is 40.4 Å². The molecule has 0 saturated carbocycles. The lowest BCUT2D eigenvalue weighted by molar-refractivity contribution is -0.142. The number of aliphatic hydroxyl groups excluding tert-OH is 1. The molecule has 178 valence electrons. The molecule has 1 aliphatic rings. The Hall–Kier alpha value is -0.810. The van der Waals surface area contributed by atoms with Crippen LogP contribution in [0.4, 0.5) is 0 Å². The van der Waals surface area contributed by atoms with Crippen molar-refractivity contribution in [3.8, 4) is 0 Å². The zero-order valence-electron chi connectivity index (χ0n) is 19.3. The highest BCUT2D eigenvalue weighted by molar-refractivity contribution is 5.67. The van der Waals surface area contributed by atoms with Crippen LogP contribution in [0.25, 0.3) is 0 Å². The second-order valence-corrected chi connectivity index (χ2v) is 7.78. The van der Waals surface area contributed by atoms with Crippen LogP contribution in [0, 0.1) is 0 Å². The highest BCUT2D eigenvalue weighted by atomic mass is 16.5. The molecule has 0 aromatic carbocycles. The van der Waals surface area contributed by atoms with Gasteiger partial charge in [-0.2, -0.15) is 0 Å². The number of likely N-dealkylation sites (N-methyl/N-ethyl adjacent to an activating group) is 3. The van der Waals surface area contributed by atoms with Crippen molar-refractivity contribution in [3.63, 3.8) is 0 Å². The van der Waals surface area contributed by atoms with Gasteiger partial charge < -0.3 is 34.4 Å². The molecule has 1 rings (SSSR count). The number of β-amino-alcohol motifs (C(OH)–C–C–N with tert-alkyl or cyclic N) is 1. The second kappa shape index (κ2) is 16.8. The first-order chi connectivity index (χ1) is 14.5. The van der Waals surface area contributed by atoms with Crippen LogP contribution in [0.15, 0.2) is 0 Å². The van der Waals surface area contributed by atoms with Crippen LogP contribution in [-0.4, -0.2) is 147 Å². The molecule has 0 bridgehead atoms. The molecular weight excluding hydrogens is 388 g/mol. The maximum atomic E-state index is 10.4. The summed E-state index contributed by atoms with van der Waals surface area (Å²) < 4.78 is 10.4. The van der Waals surface area contributed by atoms with Gasteiger partial charge in [0.2, 0.25) is 0 Å². The largest absolute Gasteiger partial charge is 0.480 e. The normalized spacial score (nSPS) is 20.5. The molecule has 0 radical (unpaired) electrons. The molecule has 1 unspecified atom stereocenters. The summed E-state index contributed by atoms with van der Waals surface area (Å²) in [4.78, 5) is 20.2. The summed E-state index contributed by atoms with van der Waals surface area (Å²) in [6.45, 7) is 19.0. The molecule has 0 aliphatic carbocycles. The number of aliphatic carboxylic acids is 1. The van der Waals surface area contributed by atoms with E-state index in [9.17, 15) is 9.90 Å². The summed E-state index contributed by atoms with van der Waals surface area (Å²) >= 11 is 0. The predicted molar refractivity (Wildman–Crippen MR) is 118 cm³/mol. The quantitative estimate of drug-likeness (QED) is 0.405. The molecule has 1 saturated heterocycles. The minimum Gasteiger partial charge on any atom is -0.480 e. The molecule has 0 spiro atoms. The van der Waals surface area contributed by atoms with E-state index in [0.29, 0.717) is 6.54 Å². The van der Waals surface area contributed by atoms with E-state index in [1.807, 2.05) is 0 Å². The molecule has 0 aromatic heterocycles. The van der Waals surface area contributed by atoms with Gasteiger partial charge >= 0.3 is 5.97 Å². The predicted octanol–water partition coefficient (Wildman–Crippen LogP) is -0.254. The van der Waals surface area contributed by atoms with Gasteiger partial charge in [0.15, 0.2) is 0 Å². The standard InChI is InChI=1S/C21H44N4O5/c1-4-22-7-9-23(5-2)11-13-25(14-12-24(6-3)10-8-22)17-20(26)18-29-15-16-30-19-21(27)28/h20,26H,4-19H2,1-3H3,(H,27,28). The Bertz CT molecular complexity index is 424. The third kappa shape index (κ3) is 12.8. The number of carboxylic acid groups (broad SMARTS) is 1. The van der Waals surface area contributed by atoms with Crippen LogP contribution in [0.1, 0.15) is 20.8 Å². The summed E-state index contributed by atoms with van der Waals surface area (Å²) in [7, 11) is 0. The molecule has 2 N–H and O–H groups in total. The Morgan fingerprint density at radius 1 is 0.767 bits per heavy atom. The molecule has 30 heavy (non-hydrogen) atoms. The Morgan fingerprint density at radius 2 is 1.17 bits per heavy atom. The Kier molecular flexibility index (Phi) is 15.3. The van der Waals surface area contributed by atoms with Crippen molar-refractivity contribution in [3.05, 3.63) is 0 Å². The summed E-state index contributed by atoms with van der Waals surface area (Å²) in [6.07, 6.45) is -0.571. The zero-order valence-corrected chi connectivity index (χ0v) is 19.3. The van der Waals surface area contributed by atoms with Crippen molar-refractivity contribution in [2.45, 2.75) is 26.9 Å². The Balaban J connectivity index is 2.48. The highest BCUT2D eigenvalue weighted by Crippen LogP contribution is 2.02. The van der Waals surface area contributed by atoms with Gasteiger partial charge in [-0.25, -0.2) is 4.79 Å².